The molecule has 0 fully saturated rings. The SMILES string of the molecule is CN1C/C(=C\c2ccccc2)Oc2ccccc21. The molecular formula is C16H15NO. The first-order valence-corrected chi connectivity index (χ1v) is 6.06. The van der Waals surface area contributed by atoms with E-state index >= 15 is 0 Å². The van der Waals surface area contributed by atoms with Gasteiger partial charge in [-0.3, -0.25) is 0 Å². The van der Waals surface area contributed by atoms with Gasteiger partial charge in [0.2, 0.25) is 0 Å². The van der Waals surface area contributed by atoms with Crippen LogP contribution >= 0.6 is 0 Å². The lowest BCUT2D eigenvalue weighted by molar-refractivity contribution is 0.405. The smallest absolute Gasteiger partial charge is 0.150 e. The third-order valence-corrected chi connectivity index (χ3v) is 3.04. The van der Waals surface area contributed by atoms with Gasteiger partial charge in [0.15, 0.2) is 0 Å². The molecule has 1 aliphatic rings. The van der Waals surface area contributed by atoms with Gasteiger partial charge in [0.05, 0.1) is 12.2 Å². The number of ether oxygens (including phenoxy) is 1. The molecule has 0 N–H and O–H groups in total. The molecule has 0 atom stereocenters. The van der Waals surface area contributed by atoms with Gasteiger partial charge in [-0.15, -0.1) is 0 Å². The molecule has 2 aromatic carbocycles. The van der Waals surface area contributed by atoms with Gasteiger partial charge in [0, 0.05) is 7.05 Å². The first-order valence-electron chi connectivity index (χ1n) is 6.06. The molecule has 2 aromatic rings. The average Bonchev–Trinajstić information content (AvgIpc) is 2.40. The first kappa shape index (κ1) is 10.9. The van der Waals surface area contributed by atoms with Crippen LogP contribution in [0.5, 0.6) is 5.75 Å². The van der Waals surface area contributed by atoms with Gasteiger partial charge in [-0.25, -0.2) is 0 Å². The quantitative estimate of drug-likeness (QED) is 0.752. The highest BCUT2D eigenvalue weighted by Gasteiger charge is 2.17. The van der Waals surface area contributed by atoms with Gasteiger partial charge in [-0.2, -0.15) is 0 Å². The van der Waals surface area contributed by atoms with Crippen LogP contribution in [0.2, 0.25) is 0 Å². The van der Waals surface area contributed by atoms with Crippen LogP contribution in [0.4, 0.5) is 5.69 Å². The normalized spacial score (nSPS) is 16.3. The molecule has 2 nitrogen and oxygen atoms in total. The Labute approximate surface area is 107 Å². The van der Waals surface area contributed by atoms with E-state index in [-0.39, 0.29) is 0 Å². The lowest BCUT2D eigenvalue weighted by Gasteiger charge is -2.29. The summed E-state index contributed by atoms with van der Waals surface area (Å²) < 4.78 is 5.93. The van der Waals surface area contributed by atoms with Crippen molar-refractivity contribution in [1.29, 1.82) is 0 Å². The van der Waals surface area contributed by atoms with E-state index in [0.29, 0.717) is 0 Å². The first-order chi connectivity index (χ1) is 8.83. The third kappa shape index (κ3) is 2.09. The van der Waals surface area contributed by atoms with Crippen LogP contribution in [0.15, 0.2) is 60.4 Å². The van der Waals surface area contributed by atoms with Crippen molar-refractivity contribution >= 4 is 11.8 Å². The second-order valence-electron chi connectivity index (χ2n) is 4.45. The molecule has 0 unspecified atom stereocenters. The number of hydrogen-bond acceptors (Lipinski definition) is 2. The molecule has 0 saturated carbocycles. The lowest BCUT2D eigenvalue weighted by Crippen LogP contribution is -2.27. The minimum Gasteiger partial charge on any atom is -0.458 e. The van der Waals surface area contributed by atoms with Crippen molar-refractivity contribution in [3.05, 3.63) is 65.9 Å². The zero-order chi connectivity index (χ0) is 12.4. The van der Waals surface area contributed by atoms with E-state index in [9.17, 15) is 0 Å². The summed E-state index contributed by atoms with van der Waals surface area (Å²) in [6, 6.07) is 18.4. The van der Waals surface area contributed by atoms with Crippen LogP contribution in [0.25, 0.3) is 6.08 Å². The van der Waals surface area contributed by atoms with Gasteiger partial charge < -0.3 is 9.64 Å². The van der Waals surface area contributed by atoms with Crippen LogP contribution in [0.3, 0.4) is 0 Å². The van der Waals surface area contributed by atoms with Crippen LogP contribution < -0.4 is 9.64 Å². The highest BCUT2D eigenvalue weighted by molar-refractivity contribution is 5.64. The molecule has 3 rings (SSSR count). The summed E-state index contributed by atoms with van der Waals surface area (Å²) in [5, 5.41) is 0. The van der Waals surface area contributed by atoms with Crippen molar-refractivity contribution < 1.29 is 4.74 Å². The molecule has 2 heteroatoms. The molecule has 0 aromatic heterocycles. The molecule has 1 heterocycles. The van der Waals surface area contributed by atoms with Crippen LogP contribution in [-0.2, 0) is 0 Å². The second-order valence-corrected chi connectivity index (χ2v) is 4.45. The fourth-order valence-corrected chi connectivity index (χ4v) is 2.16. The summed E-state index contributed by atoms with van der Waals surface area (Å²) in [5.41, 5.74) is 2.31. The summed E-state index contributed by atoms with van der Waals surface area (Å²) in [7, 11) is 2.08. The van der Waals surface area contributed by atoms with Crippen molar-refractivity contribution in [1.82, 2.24) is 0 Å². The fraction of sp³-hybridized carbons (Fsp3) is 0.125. The van der Waals surface area contributed by atoms with Crippen molar-refractivity contribution in [2.75, 3.05) is 18.5 Å². The van der Waals surface area contributed by atoms with Gasteiger partial charge in [0.25, 0.3) is 0 Å². The summed E-state index contributed by atoms with van der Waals surface area (Å²) in [6.07, 6.45) is 2.09. The maximum absolute atomic E-state index is 5.93. The van der Waals surface area contributed by atoms with E-state index in [1.807, 2.05) is 36.4 Å². The van der Waals surface area contributed by atoms with E-state index in [0.717, 1.165) is 23.7 Å². The van der Waals surface area contributed by atoms with Crippen LogP contribution in [-0.4, -0.2) is 13.6 Å². The highest BCUT2D eigenvalue weighted by atomic mass is 16.5. The summed E-state index contributed by atoms with van der Waals surface area (Å²) in [5.74, 6) is 1.90. The molecule has 0 bridgehead atoms. The maximum Gasteiger partial charge on any atom is 0.150 e. The Bertz CT molecular complexity index is 575. The number of likely N-dealkylation sites (N-methyl/N-ethyl adjacent to an activating group) is 1. The van der Waals surface area contributed by atoms with Gasteiger partial charge in [0.1, 0.15) is 11.5 Å². The maximum atomic E-state index is 5.93. The standard InChI is InChI=1S/C16H15NO/c1-17-12-14(11-13-7-3-2-4-8-13)18-16-10-6-5-9-15(16)17/h2-11H,12H2,1H3/b14-11+. The Balaban J connectivity index is 1.93. The Hall–Kier alpha value is -2.22. The molecule has 90 valence electrons. The molecule has 0 aliphatic carbocycles. The minimum absolute atomic E-state index is 0.798. The third-order valence-electron chi connectivity index (χ3n) is 3.04. The molecule has 0 spiro atoms. The zero-order valence-corrected chi connectivity index (χ0v) is 10.3. The monoisotopic (exact) mass is 237 g/mol. The number of rotatable bonds is 1. The van der Waals surface area contributed by atoms with E-state index in [2.05, 4.69) is 36.2 Å². The van der Waals surface area contributed by atoms with E-state index in [4.69, 9.17) is 4.74 Å². The Morgan fingerprint density at radius 3 is 2.56 bits per heavy atom. The highest BCUT2D eigenvalue weighted by Crippen LogP contribution is 2.33. The molecule has 18 heavy (non-hydrogen) atoms. The zero-order valence-electron chi connectivity index (χ0n) is 10.3. The molecule has 0 saturated heterocycles. The fourth-order valence-electron chi connectivity index (χ4n) is 2.16. The van der Waals surface area contributed by atoms with Crippen LogP contribution in [0.1, 0.15) is 5.56 Å². The number of nitrogens with zero attached hydrogens (tertiary/aromatic N) is 1. The Morgan fingerprint density at radius 1 is 1.00 bits per heavy atom. The summed E-state index contributed by atoms with van der Waals surface area (Å²) in [6.45, 7) is 0.798. The van der Waals surface area contributed by atoms with Crippen LogP contribution in [0, 0.1) is 0 Å². The predicted molar refractivity (Wildman–Crippen MR) is 74.8 cm³/mol. The number of anilines is 1. The van der Waals surface area contributed by atoms with Crippen molar-refractivity contribution in [3.8, 4) is 5.75 Å². The van der Waals surface area contributed by atoms with Gasteiger partial charge >= 0.3 is 0 Å². The number of fused-ring (bicyclic) bond motifs is 1. The summed E-state index contributed by atoms with van der Waals surface area (Å²) in [4.78, 5) is 2.20. The van der Waals surface area contributed by atoms with Gasteiger partial charge in [-0.1, -0.05) is 42.5 Å². The van der Waals surface area contributed by atoms with E-state index in [1.54, 1.807) is 0 Å². The van der Waals surface area contributed by atoms with E-state index < -0.39 is 0 Å². The molecule has 0 amide bonds. The largest absolute Gasteiger partial charge is 0.458 e. The lowest BCUT2D eigenvalue weighted by atomic mass is 10.1. The topological polar surface area (TPSA) is 12.5 Å². The predicted octanol–water partition coefficient (Wildman–Crippen LogP) is 3.56. The summed E-state index contributed by atoms with van der Waals surface area (Å²) >= 11 is 0. The van der Waals surface area contributed by atoms with E-state index in [1.165, 1.54) is 5.56 Å². The molecule has 1 aliphatic heterocycles. The second kappa shape index (κ2) is 4.57. The minimum atomic E-state index is 0.798. The van der Waals surface area contributed by atoms with Gasteiger partial charge in [-0.05, 0) is 23.8 Å². The number of hydrogen-bond donors (Lipinski definition) is 0. The number of para-hydroxylation sites is 2. The average molecular weight is 237 g/mol. The van der Waals surface area contributed by atoms with Crippen molar-refractivity contribution in [2.45, 2.75) is 0 Å². The Morgan fingerprint density at radius 2 is 1.72 bits per heavy atom. The Kier molecular flexibility index (Phi) is 2.77. The number of benzene rings is 2. The molecular weight excluding hydrogens is 222 g/mol. The van der Waals surface area contributed by atoms with Crippen molar-refractivity contribution in [2.24, 2.45) is 0 Å². The molecule has 0 radical (unpaired) electrons. The van der Waals surface area contributed by atoms with Crippen molar-refractivity contribution in [3.63, 3.8) is 0 Å².